The zero-order chi connectivity index (χ0) is 11.8. The lowest BCUT2D eigenvalue weighted by Gasteiger charge is -2.24. The predicted molar refractivity (Wildman–Crippen MR) is 64.8 cm³/mol. The Balaban J connectivity index is 4.23. The fraction of sp³-hybridized carbons (Fsp3) is 0.750. The van der Waals surface area contributed by atoms with Crippen LogP contribution < -0.4 is 0 Å². The second-order valence-electron chi connectivity index (χ2n) is 4.48. The summed E-state index contributed by atoms with van der Waals surface area (Å²) in [5, 5.41) is 0. The van der Waals surface area contributed by atoms with E-state index in [1.165, 1.54) is 0 Å². The average molecular weight is 212 g/mol. The summed E-state index contributed by atoms with van der Waals surface area (Å²) < 4.78 is 0. The van der Waals surface area contributed by atoms with Crippen LogP contribution in [0.4, 0.5) is 0 Å². The molecule has 0 saturated heterocycles. The first-order valence-corrected chi connectivity index (χ1v) is 5.53. The Morgan fingerprint density at radius 2 is 1.87 bits per heavy atom. The minimum absolute atomic E-state index is 0.119. The van der Waals surface area contributed by atoms with Crippen molar-refractivity contribution in [1.82, 2.24) is 9.80 Å². The van der Waals surface area contributed by atoms with E-state index < -0.39 is 0 Å². The molecule has 0 aliphatic rings. The Morgan fingerprint density at radius 1 is 1.27 bits per heavy atom. The van der Waals surface area contributed by atoms with Crippen LogP contribution >= 0.6 is 0 Å². The smallest absolute Gasteiger partial charge is 0.246 e. The number of rotatable bonds is 6. The van der Waals surface area contributed by atoms with Crippen LogP contribution in [-0.2, 0) is 4.79 Å². The summed E-state index contributed by atoms with van der Waals surface area (Å²) in [7, 11) is 4.04. The van der Waals surface area contributed by atoms with Crippen molar-refractivity contribution in [1.29, 1.82) is 0 Å². The molecule has 0 rings (SSSR count). The van der Waals surface area contributed by atoms with Gasteiger partial charge in [0, 0.05) is 19.6 Å². The molecule has 0 bridgehead atoms. The molecule has 88 valence electrons. The van der Waals surface area contributed by atoms with E-state index in [0.29, 0.717) is 5.92 Å². The van der Waals surface area contributed by atoms with Crippen molar-refractivity contribution in [2.45, 2.75) is 20.8 Å². The predicted octanol–water partition coefficient (Wildman–Crippen LogP) is 1.61. The summed E-state index contributed by atoms with van der Waals surface area (Å²) in [6.45, 7) is 8.68. The number of allylic oxidation sites excluding steroid dienone is 1. The lowest BCUT2D eigenvalue weighted by Crippen LogP contribution is -2.38. The highest BCUT2D eigenvalue weighted by Crippen LogP contribution is 2.00. The summed E-state index contributed by atoms with van der Waals surface area (Å²) in [5.41, 5.74) is 0. The summed E-state index contributed by atoms with van der Waals surface area (Å²) in [6, 6.07) is 0. The number of carbonyl (C=O) groups is 1. The molecule has 0 aromatic rings. The second-order valence-corrected chi connectivity index (χ2v) is 4.48. The first-order chi connectivity index (χ1) is 6.97. The molecule has 0 aromatic carbocycles. The number of likely N-dealkylation sites (N-methyl/N-ethyl adjacent to an activating group) is 1. The van der Waals surface area contributed by atoms with Crippen LogP contribution in [0.1, 0.15) is 20.8 Å². The molecule has 0 unspecified atom stereocenters. The van der Waals surface area contributed by atoms with E-state index in [2.05, 4.69) is 18.7 Å². The zero-order valence-electron chi connectivity index (χ0n) is 10.7. The van der Waals surface area contributed by atoms with E-state index in [9.17, 15) is 4.79 Å². The lowest BCUT2D eigenvalue weighted by molar-refractivity contribution is -0.126. The van der Waals surface area contributed by atoms with Gasteiger partial charge in [-0.15, -0.1) is 0 Å². The van der Waals surface area contributed by atoms with Crippen LogP contribution in [0.25, 0.3) is 0 Å². The van der Waals surface area contributed by atoms with Crippen LogP contribution in [-0.4, -0.2) is 49.4 Å². The maximum Gasteiger partial charge on any atom is 0.246 e. The lowest BCUT2D eigenvalue weighted by atomic mass is 10.2. The van der Waals surface area contributed by atoms with Gasteiger partial charge in [0.2, 0.25) is 5.91 Å². The maximum absolute atomic E-state index is 11.7. The standard InChI is InChI=1S/C12H24N2O/c1-6-7-12(15)14(10-11(2)3)9-8-13(4)5/h6-7,11H,8-10H2,1-5H3. The highest BCUT2D eigenvalue weighted by molar-refractivity contribution is 5.87. The Hall–Kier alpha value is -0.830. The van der Waals surface area contributed by atoms with E-state index in [1.54, 1.807) is 12.2 Å². The molecule has 0 aliphatic carbocycles. The summed E-state index contributed by atoms with van der Waals surface area (Å²) in [6.07, 6.45) is 3.43. The van der Waals surface area contributed by atoms with Crippen molar-refractivity contribution < 1.29 is 4.79 Å². The maximum atomic E-state index is 11.7. The van der Waals surface area contributed by atoms with Crippen molar-refractivity contribution in [3.63, 3.8) is 0 Å². The van der Waals surface area contributed by atoms with Gasteiger partial charge in [0.15, 0.2) is 0 Å². The molecule has 0 aliphatic heterocycles. The molecular formula is C12H24N2O. The van der Waals surface area contributed by atoms with Gasteiger partial charge >= 0.3 is 0 Å². The summed E-state index contributed by atoms with van der Waals surface area (Å²) >= 11 is 0. The Labute approximate surface area is 93.7 Å². The zero-order valence-corrected chi connectivity index (χ0v) is 10.7. The van der Waals surface area contributed by atoms with E-state index in [-0.39, 0.29) is 5.91 Å². The molecule has 15 heavy (non-hydrogen) atoms. The molecule has 0 saturated carbocycles. The Kier molecular flexibility index (Phi) is 7.05. The molecule has 0 fully saturated rings. The fourth-order valence-electron chi connectivity index (χ4n) is 1.30. The molecule has 0 N–H and O–H groups in total. The van der Waals surface area contributed by atoms with Gasteiger partial charge in [-0.05, 0) is 33.0 Å². The largest absolute Gasteiger partial charge is 0.338 e. The third-order valence-corrected chi connectivity index (χ3v) is 2.02. The summed E-state index contributed by atoms with van der Waals surface area (Å²) in [4.78, 5) is 15.7. The molecule has 3 nitrogen and oxygen atoms in total. The van der Waals surface area contributed by atoms with E-state index in [4.69, 9.17) is 0 Å². The normalized spacial score (nSPS) is 11.7. The van der Waals surface area contributed by atoms with Gasteiger partial charge in [0.05, 0.1) is 0 Å². The third kappa shape index (κ3) is 7.14. The number of amides is 1. The van der Waals surface area contributed by atoms with Crippen molar-refractivity contribution in [2.24, 2.45) is 5.92 Å². The fourth-order valence-corrected chi connectivity index (χ4v) is 1.30. The average Bonchev–Trinajstić information content (AvgIpc) is 2.11. The molecule has 1 amide bonds. The van der Waals surface area contributed by atoms with Gasteiger partial charge in [0.1, 0.15) is 0 Å². The van der Waals surface area contributed by atoms with Crippen LogP contribution in [0.3, 0.4) is 0 Å². The van der Waals surface area contributed by atoms with Crippen LogP contribution in [0.5, 0.6) is 0 Å². The van der Waals surface area contributed by atoms with Crippen molar-refractivity contribution in [2.75, 3.05) is 33.7 Å². The SMILES string of the molecule is CC=CC(=O)N(CCN(C)C)CC(C)C. The summed E-state index contributed by atoms with van der Waals surface area (Å²) in [5.74, 6) is 0.634. The molecule has 0 aromatic heterocycles. The number of hydrogen-bond acceptors (Lipinski definition) is 2. The Morgan fingerprint density at radius 3 is 2.27 bits per heavy atom. The number of nitrogens with zero attached hydrogens (tertiary/aromatic N) is 2. The Bertz CT molecular complexity index is 210. The molecule has 0 heterocycles. The topological polar surface area (TPSA) is 23.6 Å². The van der Waals surface area contributed by atoms with Crippen LogP contribution in [0, 0.1) is 5.92 Å². The molecule has 0 spiro atoms. The number of carbonyl (C=O) groups excluding carboxylic acids is 1. The molecule has 0 atom stereocenters. The highest BCUT2D eigenvalue weighted by atomic mass is 16.2. The van der Waals surface area contributed by atoms with Gasteiger partial charge in [-0.25, -0.2) is 0 Å². The first kappa shape index (κ1) is 14.2. The quantitative estimate of drug-likeness (QED) is 0.625. The molecular weight excluding hydrogens is 188 g/mol. The molecule has 0 radical (unpaired) electrons. The van der Waals surface area contributed by atoms with Crippen LogP contribution in [0.15, 0.2) is 12.2 Å². The third-order valence-electron chi connectivity index (χ3n) is 2.02. The van der Waals surface area contributed by atoms with Gasteiger partial charge in [0.25, 0.3) is 0 Å². The van der Waals surface area contributed by atoms with Gasteiger partial charge in [-0.3, -0.25) is 4.79 Å². The van der Waals surface area contributed by atoms with E-state index in [1.807, 2.05) is 25.9 Å². The number of hydrogen-bond donors (Lipinski definition) is 0. The van der Waals surface area contributed by atoms with Gasteiger partial charge in [-0.1, -0.05) is 19.9 Å². The van der Waals surface area contributed by atoms with Crippen LogP contribution in [0.2, 0.25) is 0 Å². The van der Waals surface area contributed by atoms with Crippen molar-refractivity contribution in [3.8, 4) is 0 Å². The van der Waals surface area contributed by atoms with Crippen molar-refractivity contribution >= 4 is 5.91 Å². The minimum atomic E-state index is 0.119. The van der Waals surface area contributed by atoms with Crippen molar-refractivity contribution in [3.05, 3.63) is 12.2 Å². The van der Waals surface area contributed by atoms with Gasteiger partial charge in [-0.2, -0.15) is 0 Å². The second kappa shape index (κ2) is 7.46. The first-order valence-electron chi connectivity index (χ1n) is 5.53. The minimum Gasteiger partial charge on any atom is -0.338 e. The highest BCUT2D eigenvalue weighted by Gasteiger charge is 2.11. The molecule has 3 heteroatoms. The van der Waals surface area contributed by atoms with Gasteiger partial charge < -0.3 is 9.80 Å². The van der Waals surface area contributed by atoms with E-state index in [0.717, 1.165) is 19.6 Å². The monoisotopic (exact) mass is 212 g/mol. The van der Waals surface area contributed by atoms with E-state index >= 15 is 0 Å².